The number of hydrogen-bond acceptors (Lipinski definition) is 2. The zero-order valence-electron chi connectivity index (χ0n) is 8.44. The molecule has 0 aliphatic heterocycles. The molecule has 0 amide bonds. The van der Waals surface area contributed by atoms with Gasteiger partial charge in [-0.05, 0) is 29.7 Å². The molecule has 0 atom stereocenters. The van der Waals surface area contributed by atoms with Crippen LogP contribution in [0.4, 0.5) is 0 Å². The molecule has 0 N–H and O–H groups in total. The fraction of sp³-hybridized carbons (Fsp3) is 0.0769. The van der Waals surface area contributed by atoms with Crippen molar-refractivity contribution in [1.82, 2.24) is 4.98 Å². The number of benzene rings is 1. The monoisotopic (exact) mass is 194 g/mol. The van der Waals surface area contributed by atoms with Crippen molar-refractivity contribution < 1.29 is 0 Å². The highest BCUT2D eigenvalue weighted by Gasteiger charge is 2.03. The van der Waals surface area contributed by atoms with Gasteiger partial charge < -0.3 is 0 Å². The Morgan fingerprint density at radius 1 is 1.20 bits per heavy atom. The van der Waals surface area contributed by atoms with Gasteiger partial charge in [0.05, 0.1) is 0 Å². The lowest BCUT2D eigenvalue weighted by atomic mass is 10.0. The number of hydrogen-bond donors (Lipinski definition) is 0. The molecular formula is C13H10N2. The number of pyridine rings is 1. The summed E-state index contributed by atoms with van der Waals surface area (Å²) < 4.78 is 0. The molecule has 0 aliphatic carbocycles. The van der Waals surface area contributed by atoms with Gasteiger partial charge in [0.2, 0.25) is 0 Å². The number of aromatic nitrogens is 1. The lowest BCUT2D eigenvalue weighted by Crippen LogP contribution is -1.88. The van der Waals surface area contributed by atoms with E-state index in [9.17, 15) is 0 Å². The third-order valence-corrected chi connectivity index (χ3v) is 2.30. The van der Waals surface area contributed by atoms with Gasteiger partial charge in [0.1, 0.15) is 11.8 Å². The van der Waals surface area contributed by atoms with Crippen LogP contribution >= 0.6 is 0 Å². The van der Waals surface area contributed by atoms with Crippen LogP contribution in [0, 0.1) is 18.3 Å². The van der Waals surface area contributed by atoms with E-state index in [1.54, 1.807) is 6.20 Å². The second-order valence-corrected chi connectivity index (χ2v) is 3.36. The Labute approximate surface area is 88.8 Å². The lowest BCUT2D eigenvalue weighted by Gasteiger charge is -2.05. The maximum absolute atomic E-state index is 8.79. The van der Waals surface area contributed by atoms with Gasteiger partial charge in [0.15, 0.2) is 0 Å². The van der Waals surface area contributed by atoms with E-state index in [1.807, 2.05) is 43.3 Å². The van der Waals surface area contributed by atoms with E-state index in [4.69, 9.17) is 5.26 Å². The summed E-state index contributed by atoms with van der Waals surface area (Å²) in [6, 6.07) is 13.9. The van der Waals surface area contributed by atoms with Crippen molar-refractivity contribution in [2.45, 2.75) is 6.92 Å². The van der Waals surface area contributed by atoms with E-state index in [-0.39, 0.29) is 0 Å². The van der Waals surface area contributed by atoms with Crippen molar-refractivity contribution in [3.05, 3.63) is 53.9 Å². The van der Waals surface area contributed by atoms with Crippen LogP contribution in [0.5, 0.6) is 0 Å². The van der Waals surface area contributed by atoms with Crippen LogP contribution in [-0.4, -0.2) is 4.98 Å². The molecule has 72 valence electrons. The molecule has 0 bridgehead atoms. The molecule has 0 saturated heterocycles. The smallest absolute Gasteiger partial charge is 0.141 e. The number of aryl methyl sites for hydroxylation is 1. The molecule has 0 unspecified atom stereocenters. The largest absolute Gasteiger partial charge is 0.245 e. The van der Waals surface area contributed by atoms with Crippen LogP contribution in [-0.2, 0) is 0 Å². The summed E-state index contributed by atoms with van der Waals surface area (Å²) in [5, 5.41) is 8.79. The third kappa shape index (κ3) is 1.87. The molecule has 2 rings (SSSR count). The van der Waals surface area contributed by atoms with Crippen molar-refractivity contribution >= 4 is 0 Å². The molecule has 2 heteroatoms. The van der Waals surface area contributed by atoms with Gasteiger partial charge in [-0.25, -0.2) is 4.98 Å². The summed E-state index contributed by atoms with van der Waals surface area (Å²) in [5.74, 6) is 0. The summed E-state index contributed by atoms with van der Waals surface area (Å²) in [5.41, 5.74) is 3.73. The first-order valence-corrected chi connectivity index (χ1v) is 4.73. The zero-order valence-corrected chi connectivity index (χ0v) is 8.44. The predicted octanol–water partition coefficient (Wildman–Crippen LogP) is 2.93. The Balaban J connectivity index is 2.58. The summed E-state index contributed by atoms with van der Waals surface area (Å²) in [6.07, 6.45) is 1.74. The molecular weight excluding hydrogens is 184 g/mol. The minimum Gasteiger partial charge on any atom is -0.245 e. The summed E-state index contributed by atoms with van der Waals surface area (Å²) >= 11 is 0. The Kier molecular flexibility index (Phi) is 2.47. The van der Waals surface area contributed by atoms with Crippen molar-refractivity contribution in [3.8, 4) is 17.2 Å². The molecule has 1 heterocycles. The van der Waals surface area contributed by atoms with E-state index < -0.39 is 0 Å². The van der Waals surface area contributed by atoms with Crippen molar-refractivity contribution in [1.29, 1.82) is 5.26 Å². The number of rotatable bonds is 1. The van der Waals surface area contributed by atoms with E-state index in [0.29, 0.717) is 5.69 Å². The number of nitrogens with zero attached hydrogens (tertiary/aromatic N) is 2. The lowest BCUT2D eigenvalue weighted by molar-refractivity contribution is 1.22. The fourth-order valence-corrected chi connectivity index (χ4v) is 1.51. The molecule has 2 aromatic rings. The van der Waals surface area contributed by atoms with E-state index >= 15 is 0 Å². The fourth-order valence-electron chi connectivity index (χ4n) is 1.51. The molecule has 1 aromatic heterocycles. The Morgan fingerprint density at radius 2 is 1.93 bits per heavy atom. The van der Waals surface area contributed by atoms with Gasteiger partial charge >= 0.3 is 0 Å². The third-order valence-electron chi connectivity index (χ3n) is 2.30. The zero-order chi connectivity index (χ0) is 10.7. The molecule has 15 heavy (non-hydrogen) atoms. The highest BCUT2D eigenvalue weighted by atomic mass is 14.7. The van der Waals surface area contributed by atoms with Gasteiger partial charge in [0, 0.05) is 6.20 Å². The van der Waals surface area contributed by atoms with Gasteiger partial charge in [-0.2, -0.15) is 5.26 Å². The van der Waals surface area contributed by atoms with Gasteiger partial charge in [-0.1, -0.05) is 30.3 Å². The van der Waals surface area contributed by atoms with Crippen LogP contribution in [0.15, 0.2) is 42.6 Å². The van der Waals surface area contributed by atoms with Crippen LogP contribution in [0.3, 0.4) is 0 Å². The summed E-state index contributed by atoms with van der Waals surface area (Å²) in [7, 11) is 0. The second kappa shape index (κ2) is 3.93. The summed E-state index contributed by atoms with van der Waals surface area (Å²) in [6.45, 7) is 2.00. The molecule has 1 aromatic carbocycles. The Hall–Kier alpha value is -2.14. The highest BCUT2D eigenvalue weighted by Crippen LogP contribution is 2.22. The van der Waals surface area contributed by atoms with Crippen molar-refractivity contribution in [2.75, 3.05) is 0 Å². The average Bonchev–Trinajstić information content (AvgIpc) is 2.31. The van der Waals surface area contributed by atoms with Crippen LogP contribution in [0.2, 0.25) is 0 Å². The maximum Gasteiger partial charge on any atom is 0.141 e. The Morgan fingerprint density at radius 3 is 2.60 bits per heavy atom. The predicted molar refractivity (Wildman–Crippen MR) is 59.1 cm³/mol. The average molecular weight is 194 g/mol. The topological polar surface area (TPSA) is 36.7 Å². The van der Waals surface area contributed by atoms with Crippen LogP contribution < -0.4 is 0 Å². The first kappa shape index (κ1) is 9.42. The molecule has 0 fully saturated rings. The van der Waals surface area contributed by atoms with E-state index in [0.717, 1.165) is 16.7 Å². The summed E-state index contributed by atoms with van der Waals surface area (Å²) in [4.78, 5) is 4.02. The van der Waals surface area contributed by atoms with Gasteiger partial charge in [-0.3, -0.25) is 0 Å². The normalized spacial score (nSPS) is 9.60. The van der Waals surface area contributed by atoms with Crippen LogP contribution in [0.25, 0.3) is 11.1 Å². The first-order chi connectivity index (χ1) is 7.31. The molecule has 0 spiro atoms. The SMILES string of the molecule is Cc1cnc(C#N)cc1-c1ccccc1. The Bertz CT molecular complexity index is 510. The van der Waals surface area contributed by atoms with Crippen molar-refractivity contribution in [2.24, 2.45) is 0 Å². The highest BCUT2D eigenvalue weighted by molar-refractivity contribution is 5.67. The number of nitriles is 1. The second-order valence-electron chi connectivity index (χ2n) is 3.36. The maximum atomic E-state index is 8.79. The standard InChI is InChI=1S/C13H10N2/c1-10-9-15-12(8-14)7-13(10)11-5-3-2-4-6-11/h2-7,9H,1H3. The van der Waals surface area contributed by atoms with E-state index in [1.165, 1.54) is 0 Å². The minimum atomic E-state index is 0.458. The minimum absolute atomic E-state index is 0.458. The van der Waals surface area contributed by atoms with Gasteiger partial charge in [0.25, 0.3) is 0 Å². The van der Waals surface area contributed by atoms with Gasteiger partial charge in [-0.15, -0.1) is 0 Å². The van der Waals surface area contributed by atoms with Crippen LogP contribution in [0.1, 0.15) is 11.3 Å². The van der Waals surface area contributed by atoms with E-state index in [2.05, 4.69) is 11.1 Å². The molecule has 0 aliphatic rings. The molecule has 2 nitrogen and oxygen atoms in total. The molecule has 0 saturated carbocycles. The molecule has 0 radical (unpaired) electrons. The van der Waals surface area contributed by atoms with Crippen molar-refractivity contribution in [3.63, 3.8) is 0 Å². The quantitative estimate of drug-likeness (QED) is 0.699. The first-order valence-electron chi connectivity index (χ1n) is 4.73.